The molecule has 0 amide bonds. The third-order valence-electron chi connectivity index (χ3n) is 11.3. The molecule has 0 atom stereocenters. The number of benzene rings is 9. The first kappa shape index (κ1) is 30.7. The quantitative estimate of drug-likeness (QED) is 0.167. The Kier molecular flexibility index (Phi) is 7.03. The van der Waals surface area contributed by atoms with Crippen LogP contribution in [0, 0.1) is 0 Å². The molecule has 254 valence electrons. The van der Waals surface area contributed by atoms with Gasteiger partial charge >= 0.3 is 0 Å². The van der Waals surface area contributed by atoms with E-state index >= 15 is 0 Å². The topological polar surface area (TPSA) is 16.4 Å². The lowest BCUT2D eigenvalue weighted by molar-refractivity contribution is 0.668. The van der Waals surface area contributed by atoms with Crippen LogP contribution in [0.2, 0.25) is 0 Å². The number of fused-ring (bicyclic) bond motifs is 9. The highest BCUT2D eigenvalue weighted by Gasteiger charge is 2.24. The summed E-state index contributed by atoms with van der Waals surface area (Å²) in [6.07, 6.45) is 6.66. The van der Waals surface area contributed by atoms with E-state index in [9.17, 15) is 0 Å². The summed E-state index contributed by atoms with van der Waals surface area (Å²) in [5, 5.41) is 12.4. The first-order valence-corrected chi connectivity index (χ1v) is 18.8. The molecule has 9 aromatic carbocycles. The van der Waals surface area contributed by atoms with Gasteiger partial charge in [-0.1, -0.05) is 146 Å². The molecule has 0 spiro atoms. The fourth-order valence-electron chi connectivity index (χ4n) is 8.82. The maximum absolute atomic E-state index is 6.73. The maximum atomic E-state index is 6.73. The van der Waals surface area contributed by atoms with Crippen molar-refractivity contribution in [2.24, 2.45) is 0 Å². The zero-order chi connectivity index (χ0) is 35.6. The summed E-state index contributed by atoms with van der Waals surface area (Å²) in [5.74, 6) is 0. The first-order chi connectivity index (χ1) is 26.8. The van der Waals surface area contributed by atoms with Crippen LogP contribution in [-0.4, -0.2) is 0 Å². The zero-order valence-corrected chi connectivity index (χ0v) is 29.7. The molecule has 0 fully saturated rings. The number of allylic oxidation sites excluding steroid dienone is 4. The third-order valence-corrected chi connectivity index (χ3v) is 11.3. The average Bonchev–Trinajstić information content (AvgIpc) is 3.63. The van der Waals surface area contributed by atoms with Crippen molar-refractivity contribution < 1.29 is 4.42 Å². The van der Waals surface area contributed by atoms with Gasteiger partial charge in [-0.05, 0) is 121 Å². The van der Waals surface area contributed by atoms with Gasteiger partial charge in [0, 0.05) is 22.2 Å². The molecule has 0 unspecified atom stereocenters. The maximum Gasteiger partial charge on any atom is 0.159 e. The molecule has 2 nitrogen and oxygen atoms in total. The van der Waals surface area contributed by atoms with E-state index in [2.05, 4.69) is 187 Å². The highest BCUT2D eigenvalue weighted by Crippen LogP contribution is 2.45. The highest BCUT2D eigenvalue weighted by molar-refractivity contribution is 6.15. The van der Waals surface area contributed by atoms with Gasteiger partial charge in [0.2, 0.25) is 0 Å². The average molecular weight is 690 g/mol. The zero-order valence-electron chi connectivity index (χ0n) is 29.7. The van der Waals surface area contributed by atoms with Gasteiger partial charge in [-0.15, -0.1) is 0 Å². The van der Waals surface area contributed by atoms with Crippen molar-refractivity contribution in [3.63, 3.8) is 0 Å². The van der Waals surface area contributed by atoms with Gasteiger partial charge in [-0.3, -0.25) is 0 Å². The summed E-state index contributed by atoms with van der Waals surface area (Å²) in [5.41, 5.74) is 10.1. The summed E-state index contributed by atoms with van der Waals surface area (Å²) >= 11 is 0. The molecular formula is C52H35NO. The van der Waals surface area contributed by atoms with Gasteiger partial charge in [0.15, 0.2) is 5.58 Å². The molecule has 0 aliphatic heterocycles. The van der Waals surface area contributed by atoms with Crippen LogP contribution >= 0.6 is 0 Å². The van der Waals surface area contributed by atoms with Crippen LogP contribution in [-0.2, 0) is 0 Å². The van der Waals surface area contributed by atoms with Crippen molar-refractivity contribution >= 4 is 82.0 Å². The second-order valence-electron chi connectivity index (χ2n) is 14.4. The van der Waals surface area contributed by atoms with Gasteiger partial charge in [0.25, 0.3) is 0 Å². The van der Waals surface area contributed by atoms with Crippen molar-refractivity contribution in [2.75, 3.05) is 4.90 Å². The monoisotopic (exact) mass is 689 g/mol. The van der Waals surface area contributed by atoms with Gasteiger partial charge < -0.3 is 9.32 Å². The fourth-order valence-corrected chi connectivity index (χ4v) is 8.82. The number of para-hydroxylation sites is 2. The Morgan fingerprint density at radius 1 is 0.444 bits per heavy atom. The Morgan fingerprint density at radius 2 is 1.02 bits per heavy atom. The molecule has 0 saturated heterocycles. The van der Waals surface area contributed by atoms with Gasteiger partial charge in [0.1, 0.15) is 5.58 Å². The van der Waals surface area contributed by atoms with Gasteiger partial charge in [-0.2, -0.15) is 0 Å². The molecule has 0 bridgehead atoms. The number of anilines is 2. The molecule has 1 heterocycles. The van der Waals surface area contributed by atoms with E-state index in [4.69, 9.17) is 4.42 Å². The number of nitrogens with zero attached hydrogens (tertiary/aromatic N) is 1. The molecule has 11 rings (SSSR count). The summed E-state index contributed by atoms with van der Waals surface area (Å²) in [4.78, 5) is 2.45. The van der Waals surface area contributed by atoms with Crippen molar-refractivity contribution in [3.05, 3.63) is 199 Å². The van der Waals surface area contributed by atoms with Gasteiger partial charge in [0.05, 0.1) is 5.69 Å². The third kappa shape index (κ3) is 4.88. The predicted octanol–water partition coefficient (Wildman–Crippen LogP) is 14.8. The Hall–Kier alpha value is -6.90. The Bertz CT molecular complexity index is 3180. The van der Waals surface area contributed by atoms with E-state index in [1.54, 1.807) is 0 Å². The Labute approximate surface area is 313 Å². The van der Waals surface area contributed by atoms with Crippen LogP contribution in [0.5, 0.6) is 0 Å². The number of furan rings is 1. The molecular weight excluding hydrogens is 655 g/mol. The highest BCUT2D eigenvalue weighted by atomic mass is 16.3. The van der Waals surface area contributed by atoms with Crippen LogP contribution < -0.4 is 4.90 Å². The number of rotatable bonds is 5. The van der Waals surface area contributed by atoms with Crippen LogP contribution in [0.25, 0.3) is 81.7 Å². The minimum atomic E-state index is 0.897. The lowest BCUT2D eigenvalue weighted by Crippen LogP contribution is -2.18. The summed E-state index contributed by atoms with van der Waals surface area (Å²) in [6.45, 7) is 0. The number of hydrogen-bond donors (Lipinski definition) is 0. The first-order valence-electron chi connectivity index (χ1n) is 18.8. The molecule has 10 aromatic rings. The molecule has 1 aliphatic carbocycles. The predicted molar refractivity (Wildman–Crippen MR) is 229 cm³/mol. The van der Waals surface area contributed by atoms with Crippen LogP contribution in [0.4, 0.5) is 11.4 Å². The fraction of sp³-hybridized carbons (Fsp3) is 0.0385. The minimum absolute atomic E-state index is 0.897. The van der Waals surface area contributed by atoms with E-state index in [0.29, 0.717) is 0 Å². The SMILES string of the molecule is C1=C(c2cc3ccccc3c3ccccc23)C=C(N(c2cccc(-c3cc4ccccc4c4ccccc34)c2)c2cccc3c2oc2ccccc23)CC1. The number of hydrogen-bond acceptors (Lipinski definition) is 2. The van der Waals surface area contributed by atoms with Crippen molar-refractivity contribution in [3.8, 4) is 11.1 Å². The van der Waals surface area contributed by atoms with Crippen molar-refractivity contribution in [1.29, 1.82) is 0 Å². The summed E-state index contributed by atoms with van der Waals surface area (Å²) in [7, 11) is 0. The molecule has 54 heavy (non-hydrogen) atoms. The van der Waals surface area contributed by atoms with E-state index in [0.717, 1.165) is 46.2 Å². The summed E-state index contributed by atoms with van der Waals surface area (Å²) in [6, 6.07) is 63.8. The smallest absolute Gasteiger partial charge is 0.159 e. The van der Waals surface area contributed by atoms with Gasteiger partial charge in [-0.25, -0.2) is 0 Å². The van der Waals surface area contributed by atoms with Crippen LogP contribution in [0.1, 0.15) is 18.4 Å². The molecule has 1 aromatic heterocycles. The molecule has 0 saturated carbocycles. The van der Waals surface area contributed by atoms with Crippen LogP contribution in [0.3, 0.4) is 0 Å². The lowest BCUT2D eigenvalue weighted by Gasteiger charge is -2.30. The van der Waals surface area contributed by atoms with Crippen molar-refractivity contribution in [2.45, 2.75) is 12.8 Å². The lowest BCUT2D eigenvalue weighted by atomic mass is 9.90. The standard InChI is InChI=1S/C52H35NO/c1-3-20-40-36(14-1)32-48(44-24-7-5-22-42(40)44)34-16-11-18-38(30-34)53(50-28-13-27-47-46-26-9-10-29-51(46)54-52(47)50)39-19-12-17-35(31-39)49-33-37-15-2-4-21-41(37)43-23-6-8-25-45(43)49/h1-11,13-18,20-33H,12,19H2. The molecule has 1 aliphatic rings. The second kappa shape index (κ2) is 12.4. The van der Waals surface area contributed by atoms with E-state index in [1.165, 1.54) is 71.1 Å². The van der Waals surface area contributed by atoms with E-state index < -0.39 is 0 Å². The molecule has 2 heteroatoms. The largest absolute Gasteiger partial charge is 0.454 e. The van der Waals surface area contributed by atoms with Crippen molar-refractivity contribution in [1.82, 2.24) is 0 Å². The summed E-state index contributed by atoms with van der Waals surface area (Å²) < 4.78 is 6.73. The van der Waals surface area contributed by atoms with Crippen LogP contribution in [0.15, 0.2) is 198 Å². The molecule has 0 radical (unpaired) electrons. The molecule has 0 N–H and O–H groups in total. The Morgan fingerprint density at radius 3 is 1.76 bits per heavy atom. The minimum Gasteiger partial charge on any atom is -0.454 e. The Balaban J connectivity index is 1.14. The van der Waals surface area contributed by atoms with E-state index in [-0.39, 0.29) is 0 Å². The van der Waals surface area contributed by atoms with E-state index in [1.807, 2.05) is 6.07 Å². The second-order valence-corrected chi connectivity index (χ2v) is 14.4. The normalized spacial score (nSPS) is 13.3.